The van der Waals surface area contributed by atoms with Crippen LogP contribution in [0.1, 0.15) is 51.0 Å². The number of nitrogens with zero attached hydrogens (tertiary/aromatic N) is 2. The van der Waals surface area contributed by atoms with Gasteiger partial charge in [-0.2, -0.15) is 0 Å². The summed E-state index contributed by atoms with van der Waals surface area (Å²) in [5, 5.41) is 2.77. The van der Waals surface area contributed by atoms with Crippen LogP contribution in [0.4, 0.5) is 4.79 Å². The Labute approximate surface area is 189 Å². The van der Waals surface area contributed by atoms with Crippen molar-refractivity contribution in [2.24, 2.45) is 0 Å². The van der Waals surface area contributed by atoms with Crippen LogP contribution in [0.15, 0.2) is 30.3 Å². The number of imide groups is 1. The zero-order valence-electron chi connectivity index (χ0n) is 18.5. The lowest BCUT2D eigenvalue weighted by atomic mass is 9.93. The van der Waals surface area contributed by atoms with Crippen LogP contribution >= 0.6 is 0 Å². The number of urea groups is 1. The second-order valence-electron chi connectivity index (χ2n) is 9.44. The highest BCUT2D eigenvalue weighted by atomic mass is 32.2. The lowest BCUT2D eigenvalue weighted by Crippen LogP contribution is -2.52. The third-order valence-corrected chi connectivity index (χ3v) is 8.75. The number of amides is 4. The summed E-state index contributed by atoms with van der Waals surface area (Å²) in [5.74, 6) is -0.703. The van der Waals surface area contributed by atoms with Crippen molar-refractivity contribution in [3.05, 3.63) is 35.9 Å². The molecule has 1 aromatic rings. The molecule has 4 amide bonds. The first kappa shape index (κ1) is 22.8. The molecule has 8 nitrogen and oxygen atoms in total. The number of hydrogen-bond donors (Lipinski definition) is 1. The quantitative estimate of drug-likeness (QED) is 0.625. The molecule has 0 radical (unpaired) electrons. The van der Waals surface area contributed by atoms with Gasteiger partial charge in [-0.25, -0.2) is 13.2 Å². The molecule has 2 heterocycles. The molecule has 1 N–H and O–H groups in total. The van der Waals surface area contributed by atoms with Gasteiger partial charge in [0.1, 0.15) is 12.1 Å². The predicted octanol–water partition coefficient (Wildman–Crippen LogP) is 1.89. The summed E-state index contributed by atoms with van der Waals surface area (Å²) in [6.45, 7) is 1.34. The first-order valence-electron chi connectivity index (χ1n) is 11.4. The fourth-order valence-electron chi connectivity index (χ4n) is 5.20. The summed E-state index contributed by atoms with van der Waals surface area (Å²) in [4.78, 5) is 41.8. The number of benzene rings is 1. The molecule has 1 aliphatic carbocycles. The summed E-state index contributed by atoms with van der Waals surface area (Å²) in [6.07, 6.45) is 5.12. The largest absolute Gasteiger partial charge is 0.334 e. The van der Waals surface area contributed by atoms with E-state index in [1.54, 1.807) is 11.8 Å². The zero-order chi connectivity index (χ0) is 22.9. The highest BCUT2D eigenvalue weighted by Gasteiger charge is 2.49. The van der Waals surface area contributed by atoms with E-state index in [1.165, 1.54) is 0 Å². The number of nitrogens with one attached hydrogen (secondary N) is 1. The number of carbonyl (C=O) groups is 3. The normalized spacial score (nSPS) is 27.7. The average Bonchev–Trinajstić information content (AvgIpc) is 3.45. The molecule has 1 aromatic carbocycles. The van der Waals surface area contributed by atoms with Crippen LogP contribution in [-0.2, 0) is 25.8 Å². The van der Waals surface area contributed by atoms with Crippen LogP contribution in [0.3, 0.4) is 0 Å². The number of sulfone groups is 1. The van der Waals surface area contributed by atoms with Crippen LogP contribution in [-0.4, -0.2) is 71.7 Å². The topological polar surface area (TPSA) is 104 Å². The van der Waals surface area contributed by atoms with Gasteiger partial charge in [-0.3, -0.25) is 14.5 Å². The zero-order valence-corrected chi connectivity index (χ0v) is 19.3. The molecule has 9 heteroatoms. The number of hydrogen-bond acceptors (Lipinski definition) is 5. The van der Waals surface area contributed by atoms with Crippen molar-refractivity contribution < 1.29 is 22.8 Å². The van der Waals surface area contributed by atoms with Gasteiger partial charge in [0.2, 0.25) is 5.91 Å². The minimum atomic E-state index is -3.16. The maximum Gasteiger partial charge on any atom is 0.325 e. The Morgan fingerprint density at radius 3 is 2.44 bits per heavy atom. The Kier molecular flexibility index (Phi) is 6.29. The van der Waals surface area contributed by atoms with Crippen LogP contribution in [0, 0.1) is 0 Å². The molecule has 1 saturated carbocycles. The SMILES string of the molecule is C[C@]1(CCc2ccccc2)NC(=O)N(CC(=O)N(C2CCCC2)[C@@H]2CCS(=O)(=O)C2)C1=O. The van der Waals surface area contributed by atoms with Gasteiger partial charge in [0.05, 0.1) is 11.5 Å². The summed E-state index contributed by atoms with van der Waals surface area (Å²) in [5.41, 5.74) is 0.00221. The molecular formula is C23H31N3O5S. The molecule has 174 valence electrons. The van der Waals surface area contributed by atoms with Crippen molar-refractivity contribution in [3.63, 3.8) is 0 Å². The highest BCUT2D eigenvalue weighted by Crippen LogP contribution is 2.30. The smallest absolute Gasteiger partial charge is 0.325 e. The Hall–Kier alpha value is -2.42. The van der Waals surface area contributed by atoms with E-state index in [0.29, 0.717) is 19.3 Å². The van der Waals surface area contributed by atoms with Gasteiger partial charge in [-0.1, -0.05) is 43.2 Å². The molecule has 0 unspecified atom stereocenters. The number of carbonyl (C=O) groups excluding carboxylic acids is 3. The Balaban J connectivity index is 1.46. The molecule has 2 atom stereocenters. The van der Waals surface area contributed by atoms with Gasteiger partial charge in [-0.15, -0.1) is 0 Å². The second kappa shape index (κ2) is 8.84. The van der Waals surface area contributed by atoms with Gasteiger partial charge < -0.3 is 10.2 Å². The lowest BCUT2D eigenvalue weighted by Gasteiger charge is -2.35. The van der Waals surface area contributed by atoms with Crippen molar-refractivity contribution in [1.29, 1.82) is 0 Å². The fourth-order valence-corrected chi connectivity index (χ4v) is 6.91. The molecule has 0 bridgehead atoms. The monoisotopic (exact) mass is 461 g/mol. The van der Waals surface area contributed by atoms with Gasteiger partial charge in [0.15, 0.2) is 9.84 Å². The molecule has 3 aliphatic rings. The number of rotatable bonds is 7. The average molecular weight is 462 g/mol. The van der Waals surface area contributed by atoms with Crippen LogP contribution in [0.2, 0.25) is 0 Å². The van der Waals surface area contributed by atoms with E-state index in [0.717, 1.165) is 36.1 Å². The Morgan fingerprint density at radius 1 is 1.12 bits per heavy atom. The third kappa shape index (κ3) is 4.67. The van der Waals surface area contributed by atoms with E-state index in [1.807, 2.05) is 30.3 Å². The van der Waals surface area contributed by atoms with Crippen molar-refractivity contribution in [2.75, 3.05) is 18.1 Å². The van der Waals surface area contributed by atoms with Crippen molar-refractivity contribution in [2.45, 2.75) is 69.5 Å². The summed E-state index contributed by atoms with van der Waals surface area (Å²) >= 11 is 0. The fraction of sp³-hybridized carbons (Fsp3) is 0.609. The molecule has 32 heavy (non-hydrogen) atoms. The van der Waals surface area contributed by atoms with Crippen molar-refractivity contribution >= 4 is 27.7 Å². The minimum Gasteiger partial charge on any atom is -0.334 e. The van der Waals surface area contributed by atoms with Gasteiger partial charge in [0.25, 0.3) is 5.91 Å². The Morgan fingerprint density at radius 2 is 1.81 bits per heavy atom. The molecule has 0 spiro atoms. The van der Waals surface area contributed by atoms with Gasteiger partial charge >= 0.3 is 6.03 Å². The first-order valence-corrected chi connectivity index (χ1v) is 13.2. The van der Waals surface area contributed by atoms with E-state index in [2.05, 4.69) is 5.32 Å². The van der Waals surface area contributed by atoms with Crippen LogP contribution in [0.25, 0.3) is 0 Å². The van der Waals surface area contributed by atoms with Gasteiger partial charge in [-0.05, 0) is 44.6 Å². The summed E-state index contributed by atoms with van der Waals surface area (Å²) in [6, 6.07) is 8.77. The molecule has 2 aliphatic heterocycles. The number of aryl methyl sites for hydroxylation is 1. The van der Waals surface area contributed by atoms with E-state index in [4.69, 9.17) is 0 Å². The molecule has 4 rings (SSSR count). The maximum atomic E-state index is 13.3. The van der Waals surface area contributed by atoms with Crippen LogP contribution < -0.4 is 5.32 Å². The minimum absolute atomic E-state index is 0.0222. The molecule has 2 saturated heterocycles. The lowest BCUT2D eigenvalue weighted by molar-refractivity contribution is -0.141. The van der Waals surface area contributed by atoms with E-state index >= 15 is 0 Å². The Bertz CT molecular complexity index is 990. The highest BCUT2D eigenvalue weighted by molar-refractivity contribution is 7.91. The van der Waals surface area contributed by atoms with E-state index < -0.39 is 27.3 Å². The third-order valence-electron chi connectivity index (χ3n) is 7.00. The predicted molar refractivity (Wildman–Crippen MR) is 120 cm³/mol. The van der Waals surface area contributed by atoms with Gasteiger partial charge in [0, 0.05) is 12.1 Å². The molecular weight excluding hydrogens is 430 g/mol. The van der Waals surface area contributed by atoms with E-state index in [-0.39, 0.29) is 36.0 Å². The maximum absolute atomic E-state index is 13.3. The summed E-state index contributed by atoms with van der Waals surface area (Å²) in [7, 11) is -3.16. The second-order valence-corrected chi connectivity index (χ2v) is 11.7. The molecule has 0 aromatic heterocycles. The summed E-state index contributed by atoms with van der Waals surface area (Å²) < 4.78 is 24.1. The van der Waals surface area contributed by atoms with Crippen LogP contribution in [0.5, 0.6) is 0 Å². The van der Waals surface area contributed by atoms with Crippen molar-refractivity contribution in [3.8, 4) is 0 Å². The standard InChI is InChI=1S/C23H31N3O5S/c1-23(13-11-17-7-3-2-4-8-17)21(28)25(22(29)24-23)15-20(27)26(18-9-5-6-10-18)19-12-14-32(30,31)16-19/h2-4,7-8,18-19H,5-6,9-16H2,1H3,(H,24,29)/t19-,23-/m1/s1. The van der Waals surface area contributed by atoms with E-state index in [9.17, 15) is 22.8 Å². The van der Waals surface area contributed by atoms with Crippen molar-refractivity contribution in [1.82, 2.24) is 15.1 Å². The first-order chi connectivity index (χ1) is 15.2. The molecule has 3 fully saturated rings.